The van der Waals surface area contributed by atoms with E-state index in [4.69, 9.17) is 9.47 Å². The summed E-state index contributed by atoms with van der Waals surface area (Å²) in [7, 11) is 3.53. The predicted molar refractivity (Wildman–Crippen MR) is 114 cm³/mol. The Balaban J connectivity index is 1.95. The molecule has 0 unspecified atom stereocenters. The van der Waals surface area contributed by atoms with Crippen LogP contribution in [0, 0.1) is 0 Å². The zero-order chi connectivity index (χ0) is 21.2. The minimum Gasteiger partial charge on any atom is -0.493 e. The van der Waals surface area contributed by atoms with Gasteiger partial charge in [0.1, 0.15) is 0 Å². The van der Waals surface area contributed by atoms with Crippen molar-refractivity contribution in [3.63, 3.8) is 0 Å². The van der Waals surface area contributed by atoms with Crippen molar-refractivity contribution in [2.45, 2.75) is 26.7 Å². The van der Waals surface area contributed by atoms with Crippen LogP contribution in [0.1, 0.15) is 47.4 Å². The van der Waals surface area contributed by atoms with Gasteiger partial charge in [-0.3, -0.25) is 20.4 Å². The fourth-order valence-electron chi connectivity index (χ4n) is 2.73. The van der Waals surface area contributed by atoms with Gasteiger partial charge in [0.25, 0.3) is 11.8 Å². The van der Waals surface area contributed by atoms with Gasteiger partial charge in [-0.05, 0) is 55.8 Å². The lowest BCUT2D eigenvalue weighted by atomic mass is 10.2. The van der Waals surface area contributed by atoms with Gasteiger partial charge in [0.05, 0.1) is 13.7 Å². The number of nitrogens with one attached hydrogen (secondary N) is 2. The van der Waals surface area contributed by atoms with Crippen LogP contribution in [-0.2, 0) is 0 Å². The van der Waals surface area contributed by atoms with Gasteiger partial charge in [-0.15, -0.1) is 0 Å². The fourth-order valence-corrected chi connectivity index (χ4v) is 2.73. The zero-order valence-corrected chi connectivity index (χ0v) is 17.5. The lowest BCUT2D eigenvalue weighted by Gasteiger charge is -2.19. The largest absolute Gasteiger partial charge is 0.493 e. The molecule has 2 N–H and O–H groups in total. The van der Waals surface area contributed by atoms with E-state index in [0.717, 1.165) is 25.1 Å². The number of nitrogens with zero attached hydrogens (tertiary/aromatic N) is 1. The van der Waals surface area contributed by atoms with Crippen LogP contribution in [0.2, 0.25) is 0 Å². The number of ether oxygens (including phenoxy) is 2. The van der Waals surface area contributed by atoms with E-state index in [-0.39, 0.29) is 5.91 Å². The van der Waals surface area contributed by atoms with Gasteiger partial charge in [0.15, 0.2) is 11.5 Å². The highest BCUT2D eigenvalue weighted by Crippen LogP contribution is 2.27. The number of anilines is 1. The average Bonchev–Trinajstić information content (AvgIpc) is 2.76. The third-order valence-electron chi connectivity index (χ3n) is 4.43. The number of amides is 2. The van der Waals surface area contributed by atoms with Crippen molar-refractivity contribution in [1.29, 1.82) is 0 Å². The Labute approximate surface area is 172 Å². The molecule has 0 saturated carbocycles. The summed E-state index contributed by atoms with van der Waals surface area (Å²) in [6.07, 6.45) is 2.24. The molecule has 2 amide bonds. The van der Waals surface area contributed by atoms with Crippen molar-refractivity contribution < 1.29 is 19.1 Å². The highest BCUT2D eigenvalue weighted by Gasteiger charge is 2.13. The molecule has 0 saturated heterocycles. The first kappa shape index (κ1) is 22.1. The van der Waals surface area contributed by atoms with Crippen LogP contribution in [0.4, 0.5) is 5.69 Å². The van der Waals surface area contributed by atoms with E-state index in [0.29, 0.717) is 29.2 Å². The molecule has 7 nitrogen and oxygen atoms in total. The molecule has 2 aromatic rings. The standard InChI is InChI=1S/C22H29N3O4/c1-5-7-14-25(3)18-11-8-16(9-12-18)21(26)23-24-22(27)17-10-13-19(29-6-2)20(15-17)28-4/h8-13,15H,5-7,14H2,1-4H3,(H,23,26)(H,24,27). The van der Waals surface area contributed by atoms with Crippen molar-refractivity contribution in [2.75, 3.05) is 32.2 Å². The van der Waals surface area contributed by atoms with Crippen LogP contribution < -0.4 is 25.2 Å². The molecule has 2 rings (SSSR count). The quantitative estimate of drug-likeness (QED) is 0.632. The molecular formula is C22H29N3O4. The third kappa shape index (κ3) is 6.14. The number of carbonyl (C=O) groups excluding carboxylic acids is 2. The van der Waals surface area contributed by atoms with Gasteiger partial charge in [-0.25, -0.2) is 0 Å². The van der Waals surface area contributed by atoms with Crippen LogP contribution in [0.5, 0.6) is 11.5 Å². The summed E-state index contributed by atoms with van der Waals surface area (Å²) in [4.78, 5) is 26.8. The van der Waals surface area contributed by atoms with Crippen LogP contribution in [0.15, 0.2) is 42.5 Å². The van der Waals surface area contributed by atoms with Crippen molar-refractivity contribution >= 4 is 17.5 Å². The molecule has 0 bridgehead atoms. The van der Waals surface area contributed by atoms with E-state index in [9.17, 15) is 9.59 Å². The van der Waals surface area contributed by atoms with Gasteiger partial charge in [0, 0.05) is 30.4 Å². The average molecular weight is 399 g/mol. The van der Waals surface area contributed by atoms with E-state index in [1.54, 1.807) is 30.3 Å². The highest BCUT2D eigenvalue weighted by atomic mass is 16.5. The minimum atomic E-state index is -0.449. The van der Waals surface area contributed by atoms with Gasteiger partial charge < -0.3 is 14.4 Å². The lowest BCUT2D eigenvalue weighted by molar-refractivity contribution is 0.0846. The number of unbranched alkanes of at least 4 members (excludes halogenated alkanes) is 1. The Morgan fingerprint density at radius 2 is 1.55 bits per heavy atom. The summed E-state index contributed by atoms with van der Waals surface area (Å²) >= 11 is 0. The molecule has 2 aromatic carbocycles. The van der Waals surface area contributed by atoms with E-state index in [1.165, 1.54) is 7.11 Å². The first-order valence-corrected chi connectivity index (χ1v) is 9.72. The first-order chi connectivity index (χ1) is 14.0. The van der Waals surface area contributed by atoms with Crippen molar-refractivity contribution in [2.24, 2.45) is 0 Å². The summed E-state index contributed by atoms with van der Waals surface area (Å²) < 4.78 is 10.7. The van der Waals surface area contributed by atoms with Crippen molar-refractivity contribution in [3.05, 3.63) is 53.6 Å². The second-order valence-electron chi connectivity index (χ2n) is 6.53. The highest BCUT2D eigenvalue weighted by molar-refractivity contribution is 5.99. The summed E-state index contributed by atoms with van der Waals surface area (Å²) in [6.45, 7) is 5.47. The third-order valence-corrected chi connectivity index (χ3v) is 4.43. The number of methoxy groups -OCH3 is 1. The maximum atomic E-state index is 12.3. The van der Waals surface area contributed by atoms with Crippen molar-refractivity contribution in [1.82, 2.24) is 10.9 Å². The second kappa shape index (κ2) is 10.9. The molecule has 0 aromatic heterocycles. The zero-order valence-electron chi connectivity index (χ0n) is 17.5. The molecule has 0 aliphatic carbocycles. The molecule has 0 radical (unpaired) electrons. The SMILES string of the molecule is CCCCN(C)c1ccc(C(=O)NNC(=O)c2ccc(OCC)c(OC)c2)cc1. The van der Waals surface area contributed by atoms with E-state index in [2.05, 4.69) is 22.7 Å². The number of carbonyl (C=O) groups is 2. The molecular weight excluding hydrogens is 370 g/mol. The molecule has 0 aliphatic rings. The maximum Gasteiger partial charge on any atom is 0.269 e. The van der Waals surface area contributed by atoms with Gasteiger partial charge in [-0.2, -0.15) is 0 Å². The molecule has 0 fully saturated rings. The number of hydrogen-bond acceptors (Lipinski definition) is 5. The normalized spacial score (nSPS) is 10.2. The van der Waals surface area contributed by atoms with E-state index < -0.39 is 5.91 Å². The summed E-state index contributed by atoms with van der Waals surface area (Å²) in [5, 5.41) is 0. The lowest BCUT2D eigenvalue weighted by Crippen LogP contribution is -2.41. The molecule has 29 heavy (non-hydrogen) atoms. The Bertz CT molecular complexity index is 821. The topological polar surface area (TPSA) is 79.9 Å². The van der Waals surface area contributed by atoms with Gasteiger partial charge in [-0.1, -0.05) is 13.3 Å². The maximum absolute atomic E-state index is 12.3. The number of hydrazine groups is 1. The Kier molecular flexibility index (Phi) is 8.33. The Morgan fingerprint density at radius 1 is 0.931 bits per heavy atom. The van der Waals surface area contributed by atoms with E-state index in [1.807, 2.05) is 26.1 Å². The molecule has 7 heteroatoms. The van der Waals surface area contributed by atoms with Crippen molar-refractivity contribution in [3.8, 4) is 11.5 Å². The van der Waals surface area contributed by atoms with Crippen LogP contribution in [-0.4, -0.2) is 39.1 Å². The number of hydrogen-bond donors (Lipinski definition) is 2. The monoisotopic (exact) mass is 399 g/mol. The van der Waals surface area contributed by atoms with E-state index >= 15 is 0 Å². The summed E-state index contributed by atoms with van der Waals surface area (Å²) in [5.41, 5.74) is 6.70. The molecule has 0 spiro atoms. The minimum absolute atomic E-state index is 0.346. The smallest absolute Gasteiger partial charge is 0.269 e. The Hall–Kier alpha value is -3.22. The molecule has 0 atom stereocenters. The van der Waals surface area contributed by atoms with Gasteiger partial charge in [0.2, 0.25) is 0 Å². The molecule has 0 aliphatic heterocycles. The molecule has 0 heterocycles. The number of benzene rings is 2. The van der Waals surface area contributed by atoms with Crippen LogP contribution >= 0.6 is 0 Å². The fraction of sp³-hybridized carbons (Fsp3) is 0.364. The van der Waals surface area contributed by atoms with Crippen LogP contribution in [0.25, 0.3) is 0 Å². The summed E-state index contributed by atoms with van der Waals surface area (Å²) in [6, 6.07) is 12.1. The van der Waals surface area contributed by atoms with Crippen LogP contribution in [0.3, 0.4) is 0 Å². The second-order valence-corrected chi connectivity index (χ2v) is 6.53. The summed E-state index contributed by atoms with van der Waals surface area (Å²) in [5.74, 6) is 0.169. The van der Waals surface area contributed by atoms with Gasteiger partial charge >= 0.3 is 0 Å². The predicted octanol–water partition coefficient (Wildman–Crippen LogP) is 3.41. The number of rotatable bonds is 9. The molecule has 156 valence electrons. The Morgan fingerprint density at radius 3 is 2.14 bits per heavy atom. The first-order valence-electron chi connectivity index (χ1n) is 9.72.